The van der Waals surface area contributed by atoms with E-state index < -0.39 is 15.8 Å². The van der Waals surface area contributed by atoms with Crippen LogP contribution in [0.4, 0.5) is 10.1 Å². The van der Waals surface area contributed by atoms with Crippen LogP contribution in [0.2, 0.25) is 0 Å². The molecule has 8 heteroatoms. The Morgan fingerprint density at radius 1 is 1.09 bits per heavy atom. The molecule has 0 amide bonds. The van der Waals surface area contributed by atoms with Gasteiger partial charge in [-0.2, -0.15) is 5.26 Å². The van der Waals surface area contributed by atoms with Crippen molar-refractivity contribution in [1.29, 1.82) is 5.26 Å². The fourth-order valence-corrected chi connectivity index (χ4v) is 2.95. The maximum Gasteiger partial charge on any atom is 0.261 e. The van der Waals surface area contributed by atoms with Gasteiger partial charge >= 0.3 is 0 Å². The van der Waals surface area contributed by atoms with Crippen LogP contribution in [0.5, 0.6) is 11.5 Å². The molecule has 0 aromatic heterocycles. The Kier molecular flexibility index (Phi) is 4.71. The second-order valence-electron chi connectivity index (χ2n) is 4.43. The van der Waals surface area contributed by atoms with E-state index in [4.69, 9.17) is 14.7 Å². The van der Waals surface area contributed by atoms with Crippen molar-refractivity contribution in [3.8, 4) is 17.6 Å². The molecule has 0 aliphatic rings. The van der Waals surface area contributed by atoms with Crippen LogP contribution < -0.4 is 14.2 Å². The van der Waals surface area contributed by atoms with Gasteiger partial charge in [0.25, 0.3) is 10.0 Å². The number of anilines is 1. The van der Waals surface area contributed by atoms with Crippen molar-refractivity contribution in [1.82, 2.24) is 0 Å². The number of nitrogens with one attached hydrogen (secondary N) is 1. The minimum Gasteiger partial charge on any atom is -0.493 e. The smallest absolute Gasteiger partial charge is 0.261 e. The summed E-state index contributed by atoms with van der Waals surface area (Å²) in [5.74, 6) is 0.0195. The summed E-state index contributed by atoms with van der Waals surface area (Å²) in [5.41, 5.74) is -0.106. The zero-order valence-corrected chi connectivity index (χ0v) is 13.1. The molecule has 2 aromatic carbocycles. The van der Waals surface area contributed by atoms with E-state index in [1.54, 1.807) is 12.1 Å². The number of rotatable bonds is 5. The average molecular weight is 336 g/mol. The van der Waals surface area contributed by atoms with Gasteiger partial charge in [0.15, 0.2) is 11.5 Å². The molecule has 23 heavy (non-hydrogen) atoms. The number of nitrogens with zero attached hydrogens (tertiary/aromatic N) is 1. The summed E-state index contributed by atoms with van der Waals surface area (Å²) in [6.07, 6.45) is 0. The zero-order chi connectivity index (χ0) is 17.0. The minimum absolute atomic E-state index is 0.217. The predicted octanol–water partition coefficient (Wildman–Crippen LogP) is 2.52. The molecule has 0 unspecified atom stereocenters. The second kappa shape index (κ2) is 6.54. The number of methoxy groups -OCH3 is 2. The summed E-state index contributed by atoms with van der Waals surface area (Å²) in [7, 11) is -1.08. The van der Waals surface area contributed by atoms with E-state index in [9.17, 15) is 12.8 Å². The quantitative estimate of drug-likeness (QED) is 0.906. The summed E-state index contributed by atoms with van der Waals surface area (Å²) in [6, 6.07) is 9.07. The van der Waals surface area contributed by atoms with Gasteiger partial charge in [-0.1, -0.05) is 0 Å². The van der Waals surface area contributed by atoms with Crippen molar-refractivity contribution >= 4 is 15.7 Å². The molecule has 0 saturated carbocycles. The van der Waals surface area contributed by atoms with Gasteiger partial charge < -0.3 is 9.47 Å². The lowest BCUT2D eigenvalue weighted by atomic mass is 10.2. The van der Waals surface area contributed by atoms with Gasteiger partial charge in [0, 0.05) is 6.07 Å². The Bertz CT molecular complexity index is 876. The highest BCUT2D eigenvalue weighted by Gasteiger charge is 2.17. The van der Waals surface area contributed by atoms with Crippen molar-refractivity contribution in [3.05, 3.63) is 47.8 Å². The molecule has 0 bridgehead atoms. The maximum absolute atomic E-state index is 13.3. The molecule has 2 rings (SSSR count). The average Bonchev–Trinajstić information content (AvgIpc) is 2.54. The van der Waals surface area contributed by atoms with E-state index >= 15 is 0 Å². The molecule has 0 spiro atoms. The van der Waals surface area contributed by atoms with Gasteiger partial charge in [0.1, 0.15) is 11.9 Å². The third-order valence-corrected chi connectivity index (χ3v) is 4.38. The standard InChI is InChI=1S/C15H13FN2O4S/c1-21-14-6-3-11(8-15(14)22-2)18-23(19,20)12-4-5-13(16)10(7-12)9-17/h3-8,18H,1-2H3. The van der Waals surface area contributed by atoms with Crippen molar-refractivity contribution in [2.24, 2.45) is 0 Å². The van der Waals surface area contributed by atoms with E-state index in [1.807, 2.05) is 0 Å². The highest BCUT2D eigenvalue weighted by Crippen LogP contribution is 2.30. The molecule has 2 aromatic rings. The van der Waals surface area contributed by atoms with Gasteiger partial charge in [0.2, 0.25) is 0 Å². The molecule has 1 N–H and O–H groups in total. The van der Waals surface area contributed by atoms with Crippen LogP contribution in [0.1, 0.15) is 5.56 Å². The third-order valence-electron chi connectivity index (χ3n) is 3.00. The summed E-state index contributed by atoms with van der Waals surface area (Å²) in [4.78, 5) is -0.217. The van der Waals surface area contributed by atoms with E-state index in [-0.39, 0.29) is 16.1 Å². The first-order chi connectivity index (χ1) is 10.9. The van der Waals surface area contributed by atoms with E-state index in [0.717, 1.165) is 18.2 Å². The second-order valence-corrected chi connectivity index (χ2v) is 6.11. The first-order valence-electron chi connectivity index (χ1n) is 6.35. The molecule has 0 aliphatic heterocycles. The fourth-order valence-electron chi connectivity index (χ4n) is 1.87. The Labute approximate surface area is 133 Å². The topological polar surface area (TPSA) is 88.4 Å². The molecule has 0 atom stereocenters. The van der Waals surface area contributed by atoms with Gasteiger partial charge in [0.05, 0.1) is 30.4 Å². The first kappa shape index (κ1) is 16.6. The summed E-state index contributed by atoms with van der Waals surface area (Å²) in [6.45, 7) is 0. The molecule has 6 nitrogen and oxygen atoms in total. The van der Waals surface area contributed by atoms with Crippen LogP contribution in [-0.2, 0) is 10.0 Å². The minimum atomic E-state index is -3.97. The molecule has 120 valence electrons. The van der Waals surface area contributed by atoms with Crippen LogP contribution in [-0.4, -0.2) is 22.6 Å². The van der Waals surface area contributed by atoms with Crippen molar-refractivity contribution in [3.63, 3.8) is 0 Å². The Hall–Kier alpha value is -2.79. The lowest BCUT2D eigenvalue weighted by Gasteiger charge is -2.12. The zero-order valence-electron chi connectivity index (χ0n) is 12.3. The molecule has 0 radical (unpaired) electrons. The Balaban J connectivity index is 2.37. The molecule has 0 heterocycles. The van der Waals surface area contributed by atoms with E-state index in [2.05, 4.69) is 4.72 Å². The lowest BCUT2D eigenvalue weighted by Crippen LogP contribution is -2.13. The number of hydrogen-bond donors (Lipinski definition) is 1. The third kappa shape index (κ3) is 3.52. The summed E-state index contributed by atoms with van der Waals surface area (Å²) < 4.78 is 50.4. The van der Waals surface area contributed by atoms with E-state index in [1.165, 1.54) is 26.4 Å². The predicted molar refractivity (Wildman–Crippen MR) is 81.5 cm³/mol. The molecule has 0 saturated heterocycles. The molecule has 0 fully saturated rings. The van der Waals surface area contributed by atoms with Crippen LogP contribution in [0, 0.1) is 17.1 Å². The van der Waals surface area contributed by atoms with Crippen LogP contribution in [0.15, 0.2) is 41.3 Å². The number of hydrogen-bond acceptors (Lipinski definition) is 5. The number of halogens is 1. The summed E-state index contributed by atoms with van der Waals surface area (Å²) >= 11 is 0. The SMILES string of the molecule is COc1ccc(NS(=O)(=O)c2ccc(F)c(C#N)c2)cc1OC. The first-order valence-corrected chi connectivity index (χ1v) is 7.84. The Morgan fingerprint density at radius 2 is 1.78 bits per heavy atom. The largest absolute Gasteiger partial charge is 0.493 e. The molecule has 0 aliphatic carbocycles. The van der Waals surface area contributed by atoms with Crippen molar-refractivity contribution in [2.45, 2.75) is 4.90 Å². The van der Waals surface area contributed by atoms with Crippen LogP contribution in [0.3, 0.4) is 0 Å². The van der Waals surface area contributed by atoms with Crippen molar-refractivity contribution < 1.29 is 22.3 Å². The highest BCUT2D eigenvalue weighted by atomic mass is 32.2. The van der Waals surface area contributed by atoms with Crippen LogP contribution in [0.25, 0.3) is 0 Å². The number of benzene rings is 2. The lowest BCUT2D eigenvalue weighted by molar-refractivity contribution is 0.355. The number of ether oxygens (including phenoxy) is 2. The van der Waals surface area contributed by atoms with Gasteiger partial charge in [-0.05, 0) is 30.3 Å². The Morgan fingerprint density at radius 3 is 2.39 bits per heavy atom. The van der Waals surface area contributed by atoms with Gasteiger partial charge in [-0.25, -0.2) is 12.8 Å². The van der Waals surface area contributed by atoms with Crippen LogP contribution >= 0.6 is 0 Å². The summed E-state index contributed by atoms with van der Waals surface area (Å²) in [5, 5.41) is 8.79. The molecular formula is C15H13FN2O4S. The van der Waals surface area contributed by atoms with Gasteiger partial charge in [-0.3, -0.25) is 4.72 Å². The van der Waals surface area contributed by atoms with Gasteiger partial charge in [-0.15, -0.1) is 0 Å². The maximum atomic E-state index is 13.3. The number of sulfonamides is 1. The molecular weight excluding hydrogens is 323 g/mol. The van der Waals surface area contributed by atoms with Crippen molar-refractivity contribution in [2.75, 3.05) is 18.9 Å². The number of nitriles is 1. The highest BCUT2D eigenvalue weighted by molar-refractivity contribution is 7.92. The monoisotopic (exact) mass is 336 g/mol. The normalized spacial score (nSPS) is 10.7. The fraction of sp³-hybridized carbons (Fsp3) is 0.133. The van der Waals surface area contributed by atoms with E-state index in [0.29, 0.717) is 11.5 Å².